The molecule has 2 rings (SSSR count). The van der Waals surface area contributed by atoms with Gasteiger partial charge in [-0.25, -0.2) is 4.39 Å². The van der Waals surface area contributed by atoms with Crippen molar-refractivity contribution < 1.29 is 9.13 Å². The number of benzene rings is 1. The van der Waals surface area contributed by atoms with Crippen LogP contribution in [0.2, 0.25) is 0 Å². The molecule has 0 aliphatic carbocycles. The van der Waals surface area contributed by atoms with Crippen molar-refractivity contribution in [3.63, 3.8) is 0 Å². The largest absolute Gasteiger partial charge is 0.380 e. The summed E-state index contributed by atoms with van der Waals surface area (Å²) in [5.74, 6) is -0.211. The topological polar surface area (TPSA) is 21.3 Å². The van der Waals surface area contributed by atoms with Crippen LogP contribution in [0.25, 0.3) is 0 Å². The number of halogens is 2. The Morgan fingerprint density at radius 3 is 3.13 bits per heavy atom. The summed E-state index contributed by atoms with van der Waals surface area (Å²) in [6.07, 6.45) is 1.03. The van der Waals surface area contributed by atoms with Crippen molar-refractivity contribution in [2.45, 2.75) is 19.0 Å². The molecule has 0 aromatic heterocycles. The van der Waals surface area contributed by atoms with Gasteiger partial charge >= 0.3 is 0 Å². The zero-order valence-electron chi connectivity index (χ0n) is 8.30. The van der Waals surface area contributed by atoms with Gasteiger partial charge in [-0.2, -0.15) is 0 Å². The second kappa shape index (κ2) is 5.05. The zero-order valence-corrected chi connectivity index (χ0v) is 9.89. The van der Waals surface area contributed by atoms with Crippen LogP contribution in [-0.2, 0) is 11.3 Å². The van der Waals surface area contributed by atoms with Gasteiger partial charge in [-0.1, -0.05) is 12.1 Å². The molecule has 1 saturated heterocycles. The van der Waals surface area contributed by atoms with Gasteiger partial charge in [-0.05, 0) is 34.0 Å². The number of hydrogen-bond acceptors (Lipinski definition) is 2. The lowest BCUT2D eigenvalue weighted by Crippen LogP contribution is -2.28. The minimum atomic E-state index is -0.211. The van der Waals surface area contributed by atoms with Gasteiger partial charge in [0.15, 0.2) is 0 Å². The van der Waals surface area contributed by atoms with Gasteiger partial charge in [0.1, 0.15) is 5.82 Å². The molecule has 1 heterocycles. The van der Waals surface area contributed by atoms with Crippen LogP contribution in [0.1, 0.15) is 12.0 Å². The SMILES string of the molecule is Fc1cccc(CNC2CCOC2)c1Br. The molecule has 0 radical (unpaired) electrons. The minimum absolute atomic E-state index is 0.211. The molecule has 2 nitrogen and oxygen atoms in total. The Morgan fingerprint density at radius 1 is 1.53 bits per heavy atom. The van der Waals surface area contributed by atoms with Crippen LogP contribution < -0.4 is 5.32 Å². The average molecular weight is 274 g/mol. The van der Waals surface area contributed by atoms with Crippen LogP contribution >= 0.6 is 15.9 Å². The van der Waals surface area contributed by atoms with Crippen molar-refractivity contribution >= 4 is 15.9 Å². The molecular formula is C11H13BrFNO. The van der Waals surface area contributed by atoms with Gasteiger partial charge in [0.2, 0.25) is 0 Å². The van der Waals surface area contributed by atoms with E-state index in [2.05, 4.69) is 21.2 Å². The van der Waals surface area contributed by atoms with E-state index in [0.29, 0.717) is 17.1 Å². The van der Waals surface area contributed by atoms with Crippen molar-refractivity contribution in [2.75, 3.05) is 13.2 Å². The monoisotopic (exact) mass is 273 g/mol. The molecule has 0 bridgehead atoms. The molecule has 4 heteroatoms. The summed E-state index contributed by atoms with van der Waals surface area (Å²) in [6, 6.07) is 5.49. The van der Waals surface area contributed by atoms with Crippen molar-refractivity contribution in [1.82, 2.24) is 5.32 Å². The summed E-state index contributed by atoms with van der Waals surface area (Å²) in [5, 5.41) is 3.34. The maximum Gasteiger partial charge on any atom is 0.137 e. The summed E-state index contributed by atoms with van der Waals surface area (Å²) in [5.41, 5.74) is 0.946. The van der Waals surface area contributed by atoms with E-state index in [1.807, 2.05) is 6.07 Å². The van der Waals surface area contributed by atoms with Gasteiger partial charge in [0.05, 0.1) is 11.1 Å². The summed E-state index contributed by atoms with van der Waals surface area (Å²) in [7, 11) is 0. The molecule has 1 aromatic carbocycles. The van der Waals surface area contributed by atoms with E-state index in [1.54, 1.807) is 6.07 Å². The summed E-state index contributed by atoms with van der Waals surface area (Å²) >= 11 is 3.24. The van der Waals surface area contributed by atoms with Gasteiger partial charge in [-0.3, -0.25) is 0 Å². The van der Waals surface area contributed by atoms with Gasteiger partial charge in [0, 0.05) is 19.2 Å². The molecule has 1 unspecified atom stereocenters. The number of ether oxygens (including phenoxy) is 1. The number of hydrogen-bond donors (Lipinski definition) is 1. The van der Waals surface area contributed by atoms with Crippen LogP contribution in [0.15, 0.2) is 22.7 Å². The number of nitrogens with one attached hydrogen (secondary N) is 1. The maximum atomic E-state index is 13.2. The van der Waals surface area contributed by atoms with Crippen LogP contribution in [-0.4, -0.2) is 19.3 Å². The molecule has 1 N–H and O–H groups in total. The Labute approximate surface area is 96.9 Å². The van der Waals surface area contributed by atoms with E-state index < -0.39 is 0 Å². The van der Waals surface area contributed by atoms with E-state index in [0.717, 1.165) is 25.2 Å². The highest BCUT2D eigenvalue weighted by atomic mass is 79.9. The quantitative estimate of drug-likeness (QED) is 0.914. The lowest BCUT2D eigenvalue weighted by atomic mass is 10.2. The summed E-state index contributed by atoms with van der Waals surface area (Å²) in [4.78, 5) is 0. The molecule has 1 atom stereocenters. The predicted octanol–water partition coefficient (Wildman–Crippen LogP) is 2.47. The fraction of sp³-hybridized carbons (Fsp3) is 0.455. The second-order valence-corrected chi connectivity index (χ2v) is 4.45. The molecule has 1 fully saturated rings. The highest BCUT2D eigenvalue weighted by Gasteiger charge is 2.15. The molecule has 0 saturated carbocycles. The maximum absolute atomic E-state index is 13.2. The third kappa shape index (κ3) is 2.77. The third-order valence-electron chi connectivity index (χ3n) is 2.54. The lowest BCUT2D eigenvalue weighted by molar-refractivity contribution is 0.190. The van der Waals surface area contributed by atoms with E-state index >= 15 is 0 Å². The van der Waals surface area contributed by atoms with Crippen LogP contribution in [0.5, 0.6) is 0 Å². The normalized spacial score (nSPS) is 20.8. The molecule has 1 aromatic rings. The highest BCUT2D eigenvalue weighted by Crippen LogP contribution is 2.20. The third-order valence-corrected chi connectivity index (χ3v) is 3.43. The fourth-order valence-corrected chi connectivity index (χ4v) is 2.04. The average Bonchev–Trinajstić information content (AvgIpc) is 2.73. The predicted molar refractivity (Wildman–Crippen MR) is 60.2 cm³/mol. The highest BCUT2D eigenvalue weighted by molar-refractivity contribution is 9.10. The van der Waals surface area contributed by atoms with Gasteiger partial charge in [-0.15, -0.1) is 0 Å². The van der Waals surface area contributed by atoms with Crippen molar-refractivity contribution in [2.24, 2.45) is 0 Å². The Bertz CT molecular complexity index is 339. The first-order chi connectivity index (χ1) is 7.27. The van der Waals surface area contributed by atoms with Gasteiger partial charge in [0.25, 0.3) is 0 Å². The Balaban J connectivity index is 1.95. The number of rotatable bonds is 3. The molecular weight excluding hydrogens is 261 g/mol. The van der Waals surface area contributed by atoms with E-state index in [4.69, 9.17) is 4.74 Å². The Hall–Kier alpha value is -0.450. The van der Waals surface area contributed by atoms with E-state index in [1.165, 1.54) is 6.07 Å². The van der Waals surface area contributed by atoms with Crippen molar-refractivity contribution in [1.29, 1.82) is 0 Å². The first-order valence-corrected chi connectivity index (χ1v) is 5.80. The van der Waals surface area contributed by atoms with Crippen LogP contribution in [0, 0.1) is 5.82 Å². The molecule has 15 heavy (non-hydrogen) atoms. The first-order valence-electron chi connectivity index (χ1n) is 5.01. The lowest BCUT2D eigenvalue weighted by Gasteiger charge is -2.11. The second-order valence-electron chi connectivity index (χ2n) is 3.65. The Morgan fingerprint density at radius 2 is 2.40 bits per heavy atom. The van der Waals surface area contributed by atoms with E-state index in [9.17, 15) is 4.39 Å². The van der Waals surface area contributed by atoms with E-state index in [-0.39, 0.29) is 5.82 Å². The summed E-state index contributed by atoms with van der Waals surface area (Å²) in [6.45, 7) is 2.25. The molecule has 82 valence electrons. The standard InChI is InChI=1S/C11H13BrFNO/c12-11-8(2-1-3-10(11)13)6-14-9-4-5-15-7-9/h1-3,9,14H,4-7H2. The van der Waals surface area contributed by atoms with Crippen LogP contribution in [0.4, 0.5) is 4.39 Å². The molecule has 0 amide bonds. The Kier molecular flexibility index (Phi) is 3.72. The summed E-state index contributed by atoms with van der Waals surface area (Å²) < 4.78 is 19.0. The minimum Gasteiger partial charge on any atom is -0.380 e. The van der Waals surface area contributed by atoms with Crippen molar-refractivity contribution in [3.05, 3.63) is 34.1 Å². The molecule has 1 aliphatic rings. The first kappa shape index (κ1) is 11.0. The van der Waals surface area contributed by atoms with Crippen molar-refractivity contribution in [3.8, 4) is 0 Å². The molecule has 0 spiro atoms. The van der Waals surface area contributed by atoms with Crippen LogP contribution in [0.3, 0.4) is 0 Å². The fourth-order valence-electron chi connectivity index (χ4n) is 1.63. The zero-order chi connectivity index (χ0) is 10.7. The smallest absolute Gasteiger partial charge is 0.137 e. The van der Waals surface area contributed by atoms with Gasteiger partial charge < -0.3 is 10.1 Å². The molecule has 1 aliphatic heterocycles.